The van der Waals surface area contributed by atoms with Crippen LogP contribution < -0.4 is 21.9 Å². The summed E-state index contributed by atoms with van der Waals surface area (Å²) in [6.45, 7) is 7.56. The van der Waals surface area contributed by atoms with E-state index in [1.54, 1.807) is 26.0 Å². The number of rotatable bonds is 9. The Hall–Kier alpha value is -3.57. The maximum absolute atomic E-state index is 12.3. The number of amides is 3. The monoisotopic (exact) mass is 442 g/mol. The zero-order valence-corrected chi connectivity index (χ0v) is 19.5. The molecule has 0 bridgehead atoms. The van der Waals surface area contributed by atoms with Gasteiger partial charge in [0, 0.05) is 18.5 Å². The number of ether oxygens (including phenoxy) is 1. The number of imide groups is 1. The molecule has 0 spiro atoms. The van der Waals surface area contributed by atoms with Crippen molar-refractivity contribution in [1.82, 2.24) is 16.1 Å². The fourth-order valence-electron chi connectivity index (χ4n) is 2.67. The summed E-state index contributed by atoms with van der Waals surface area (Å²) in [5.41, 5.74) is 6.28. The van der Waals surface area contributed by atoms with Crippen LogP contribution in [0.5, 0.6) is 0 Å². The highest BCUT2D eigenvalue weighted by atomic mass is 16.5. The number of carbonyl (C=O) groups is 3. The van der Waals surface area contributed by atoms with Crippen LogP contribution in [-0.4, -0.2) is 25.0 Å². The Balaban J connectivity index is 0.00000302. The topological polar surface area (TPSA) is 123 Å². The molecule has 0 aliphatic heterocycles. The summed E-state index contributed by atoms with van der Waals surface area (Å²) in [5, 5.41) is 5.00. The number of hydrogen-bond donors (Lipinski definition) is 4. The first-order chi connectivity index (χ1) is 15.2. The second-order valence-corrected chi connectivity index (χ2v) is 6.69. The van der Waals surface area contributed by atoms with Gasteiger partial charge in [0.15, 0.2) is 0 Å². The summed E-state index contributed by atoms with van der Waals surface area (Å²) in [4.78, 5) is 35.5. The number of benzene rings is 1. The third-order valence-corrected chi connectivity index (χ3v) is 4.47. The fraction of sp³-hybridized carbons (Fsp3) is 0.375. The molecule has 8 nitrogen and oxygen atoms in total. The molecule has 5 N–H and O–H groups in total. The van der Waals surface area contributed by atoms with Crippen molar-refractivity contribution in [2.24, 2.45) is 5.84 Å². The molecular formula is C24H34N4O4. The second kappa shape index (κ2) is 16.2. The number of nitrogens with two attached hydrogens (primary N) is 1. The summed E-state index contributed by atoms with van der Waals surface area (Å²) in [5.74, 6) is 6.81. The Morgan fingerprint density at radius 1 is 1.28 bits per heavy atom. The number of hydrogen-bond acceptors (Lipinski definition) is 6. The van der Waals surface area contributed by atoms with Crippen LogP contribution in [0.1, 0.15) is 50.3 Å². The van der Waals surface area contributed by atoms with Crippen LogP contribution >= 0.6 is 0 Å². The smallest absolute Gasteiger partial charge is 0.321 e. The third-order valence-electron chi connectivity index (χ3n) is 4.47. The van der Waals surface area contributed by atoms with E-state index in [0.29, 0.717) is 18.7 Å². The van der Waals surface area contributed by atoms with E-state index in [2.05, 4.69) is 40.1 Å². The molecule has 0 radical (unpaired) electrons. The van der Waals surface area contributed by atoms with Crippen molar-refractivity contribution < 1.29 is 19.1 Å². The third kappa shape index (κ3) is 10.5. The molecule has 0 heterocycles. The van der Waals surface area contributed by atoms with Gasteiger partial charge in [0.05, 0.1) is 12.8 Å². The lowest BCUT2D eigenvalue weighted by Gasteiger charge is -2.13. The van der Waals surface area contributed by atoms with E-state index in [9.17, 15) is 14.4 Å². The van der Waals surface area contributed by atoms with Gasteiger partial charge in [0.1, 0.15) is 0 Å². The molecule has 1 aromatic carbocycles. The molecule has 0 aromatic heterocycles. The van der Waals surface area contributed by atoms with E-state index in [1.165, 1.54) is 7.11 Å². The lowest BCUT2D eigenvalue weighted by atomic mass is 10.0. The molecule has 8 heteroatoms. The van der Waals surface area contributed by atoms with Crippen LogP contribution in [0.2, 0.25) is 0 Å². The van der Waals surface area contributed by atoms with E-state index in [4.69, 9.17) is 5.84 Å². The molecule has 3 amide bonds. The molecule has 0 aliphatic rings. The first kappa shape index (κ1) is 28.4. The van der Waals surface area contributed by atoms with Gasteiger partial charge in [-0.1, -0.05) is 31.2 Å². The summed E-state index contributed by atoms with van der Waals surface area (Å²) >= 11 is 0. The Kier molecular flexibility index (Phi) is 14.4. The molecule has 32 heavy (non-hydrogen) atoms. The van der Waals surface area contributed by atoms with Crippen molar-refractivity contribution in [2.75, 3.05) is 7.11 Å². The zero-order valence-electron chi connectivity index (χ0n) is 19.5. The highest BCUT2D eigenvalue weighted by Gasteiger charge is 2.13. The van der Waals surface area contributed by atoms with Gasteiger partial charge in [-0.15, -0.1) is 12.3 Å². The number of terminal acetylenes is 1. The maximum Gasteiger partial charge on any atom is 0.321 e. The van der Waals surface area contributed by atoms with E-state index < -0.39 is 11.9 Å². The lowest BCUT2D eigenvalue weighted by molar-refractivity contribution is -0.140. The van der Waals surface area contributed by atoms with Crippen LogP contribution in [-0.2, 0) is 27.3 Å². The highest BCUT2D eigenvalue weighted by molar-refractivity contribution is 6.04. The Morgan fingerprint density at radius 3 is 2.50 bits per heavy atom. The van der Waals surface area contributed by atoms with Crippen molar-refractivity contribution in [3.63, 3.8) is 0 Å². The largest absolute Gasteiger partial charge is 0.469 e. The first-order valence-corrected chi connectivity index (χ1v) is 10.2. The predicted molar refractivity (Wildman–Crippen MR) is 126 cm³/mol. The Labute approximate surface area is 190 Å². The van der Waals surface area contributed by atoms with Gasteiger partial charge >= 0.3 is 12.0 Å². The minimum atomic E-state index is -0.592. The van der Waals surface area contributed by atoms with Gasteiger partial charge in [0.25, 0.3) is 5.91 Å². The van der Waals surface area contributed by atoms with Crippen LogP contribution in [0.15, 0.2) is 41.6 Å². The lowest BCUT2D eigenvalue weighted by Crippen LogP contribution is -2.40. The summed E-state index contributed by atoms with van der Waals surface area (Å²) in [6, 6.07) is 5.39. The average Bonchev–Trinajstić information content (AvgIpc) is 2.77. The molecule has 0 saturated carbocycles. The molecule has 0 fully saturated rings. The predicted octanol–water partition coefficient (Wildman–Crippen LogP) is 2.77. The normalized spacial score (nSPS) is 10.8. The van der Waals surface area contributed by atoms with Crippen LogP contribution in [0, 0.1) is 19.3 Å². The zero-order chi connectivity index (χ0) is 24.5. The van der Waals surface area contributed by atoms with Gasteiger partial charge < -0.3 is 15.5 Å². The van der Waals surface area contributed by atoms with Crippen molar-refractivity contribution in [2.45, 2.75) is 53.5 Å². The standard InChI is InChI=1S/C21H30N4O4.C3H4/c1-5-16-10-8-9-14(2)17(16)13-23-21(28)24-20(27)15(3)18(25-22)11-6-7-12-19(26)29-4;1-3-2/h6,8-11,25H,5,7,12-13,22H2,1-4H3,(H2,23,24,27,28);1H,2H3/b11-6-,18-15-;. The molecule has 0 saturated heterocycles. The summed E-state index contributed by atoms with van der Waals surface area (Å²) in [6.07, 6.45) is 9.37. The highest BCUT2D eigenvalue weighted by Crippen LogP contribution is 2.14. The Morgan fingerprint density at radius 2 is 1.94 bits per heavy atom. The van der Waals surface area contributed by atoms with Gasteiger partial charge in [-0.2, -0.15) is 0 Å². The van der Waals surface area contributed by atoms with Crippen molar-refractivity contribution in [1.29, 1.82) is 0 Å². The Bertz CT molecular complexity index is 882. The van der Waals surface area contributed by atoms with E-state index in [-0.39, 0.29) is 18.0 Å². The van der Waals surface area contributed by atoms with Crippen molar-refractivity contribution in [3.05, 3.63) is 58.3 Å². The number of methoxy groups -OCH3 is 1. The van der Waals surface area contributed by atoms with Gasteiger partial charge in [0.2, 0.25) is 0 Å². The number of hydrazine groups is 1. The quantitative estimate of drug-likeness (QED) is 0.116. The maximum atomic E-state index is 12.3. The molecule has 0 unspecified atom stereocenters. The van der Waals surface area contributed by atoms with Gasteiger partial charge in [-0.25, -0.2) is 4.79 Å². The molecule has 174 valence electrons. The minimum absolute atomic E-state index is 0.219. The molecular weight excluding hydrogens is 408 g/mol. The van der Waals surface area contributed by atoms with E-state index in [1.807, 2.05) is 25.1 Å². The van der Waals surface area contributed by atoms with Crippen LogP contribution in [0.3, 0.4) is 0 Å². The summed E-state index contributed by atoms with van der Waals surface area (Å²) < 4.78 is 4.56. The second-order valence-electron chi connectivity index (χ2n) is 6.69. The molecule has 0 atom stereocenters. The number of esters is 1. The first-order valence-electron chi connectivity index (χ1n) is 10.2. The summed E-state index contributed by atoms with van der Waals surface area (Å²) in [7, 11) is 1.32. The minimum Gasteiger partial charge on any atom is -0.469 e. The van der Waals surface area contributed by atoms with Crippen molar-refractivity contribution in [3.8, 4) is 12.3 Å². The molecule has 0 aliphatic carbocycles. The van der Waals surface area contributed by atoms with Gasteiger partial charge in [-0.3, -0.25) is 20.7 Å². The van der Waals surface area contributed by atoms with Crippen LogP contribution in [0.25, 0.3) is 0 Å². The average molecular weight is 443 g/mol. The number of carbonyl (C=O) groups excluding carboxylic acids is 3. The fourth-order valence-corrected chi connectivity index (χ4v) is 2.67. The molecule has 1 rings (SSSR count). The van der Waals surface area contributed by atoms with Crippen LogP contribution in [0.4, 0.5) is 4.79 Å². The van der Waals surface area contributed by atoms with Gasteiger partial charge in [-0.05, 0) is 56.4 Å². The molecule has 1 aromatic rings. The van der Waals surface area contributed by atoms with Crippen molar-refractivity contribution >= 4 is 17.9 Å². The number of aryl methyl sites for hydroxylation is 2. The number of urea groups is 1. The van der Waals surface area contributed by atoms with E-state index >= 15 is 0 Å². The van der Waals surface area contributed by atoms with E-state index in [0.717, 1.165) is 23.1 Å². The SMILES string of the molecule is C#CC.CCc1cccc(C)c1CNC(=O)NC(=O)/C(C)=C(/C=C\CCC(=O)OC)NN. The number of nitrogens with one attached hydrogen (secondary N) is 3. The number of allylic oxidation sites excluding steroid dienone is 2.